The summed E-state index contributed by atoms with van der Waals surface area (Å²) in [5.74, 6) is 1.40. The van der Waals surface area contributed by atoms with E-state index in [1.165, 1.54) is 0 Å². The molecule has 0 bridgehead atoms. The van der Waals surface area contributed by atoms with Crippen LogP contribution >= 0.6 is 0 Å². The van der Waals surface area contributed by atoms with Crippen molar-refractivity contribution in [2.24, 2.45) is 0 Å². The van der Waals surface area contributed by atoms with E-state index in [2.05, 4.69) is 11.4 Å². The SMILES string of the molecule is COc1cccc(OC)c1C1(C#N)CCCCN1. The highest BCUT2D eigenvalue weighted by molar-refractivity contribution is 5.52. The van der Waals surface area contributed by atoms with Crippen LogP contribution in [0.2, 0.25) is 0 Å². The molecule has 18 heavy (non-hydrogen) atoms. The van der Waals surface area contributed by atoms with Crippen LogP contribution in [0.5, 0.6) is 11.5 Å². The molecule has 1 fully saturated rings. The Morgan fingerprint density at radius 3 is 2.33 bits per heavy atom. The molecule has 0 aliphatic carbocycles. The van der Waals surface area contributed by atoms with Crippen LogP contribution in [-0.2, 0) is 5.54 Å². The second-order valence-electron chi connectivity index (χ2n) is 4.44. The number of hydrogen-bond acceptors (Lipinski definition) is 4. The molecule has 1 saturated heterocycles. The third kappa shape index (κ3) is 2.02. The van der Waals surface area contributed by atoms with Crippen molar-refractivity contribution >= 4 is 0 Å². The number of benzene rings is 1. The topological polar surface area (TPSA) is 54.3 Å². The van der Waals surface area contributed by atoms with E-state index in [1.54, 1.807) is 14.2 Å². The maximum atomic E-state index is 9.61. The Morgan fingerprint density at radius 2 is 1.89 bits per heavy atom. The van der Waals surface area contributed by atoms with Gasteiger partial charge in [-0.05, 0) is 37.9 Å². The average molecular weight is 246 g/mol. The number of hydrogen-bond donors (Lipinski definition) is 1. The fraction of sp³-hybridized carbons (Fsp3) is 0.500. The molecule has 4 heteroatoms. The molecule has 1 aromatic carbocycles. The third-order valence-electron chi connectivity index (χ3n) is 3.45. The van der Waals surface area contributed by atoms with Gasteiger partial charge in [0.1, 0.15) is 17.0 Å². The van der Waals surface area contributed by atoms with Crippen LogP contribution in [-0.4, -0.2) is 20.8 Å². The van der Waals surface area contributed by atoms with E-state index in [-0.39, 0.29) is 0 Å². The van der Waals surface area contributed by atoms with Crippen LogP contribution in [0.25, 0.3) is 0 Å². The number of methoxy groups -OCH3 is 2. The summed E-state index contributed by atoms with van der Waals surface area (Å²) >= 11 is 0. The number of rotatable bonds is 3. The Morgan fingerprint density at radius 1 is 1.22 bits per heavy atom. The molecular formula is C14H18N2O2. The van der Waals surface area contributed by atoms with Crippen LogP contribution in [0.15, 0.2) is 18.2 Å². The smallest absolute Gasteiger partial charge is 0.139 e. The first-order valence-electron chi connectivity index (χ1n) is 6.15. The lowest BCUT2D eigenvalue weighted by molar-refractivity contribution is 0.298. The summed E-state index contributed by atoms with van der Waals surface area (Å²) < 4.78 is 10.8. The Balaban J connectivity index is 2.56. The van der Waals surface area contributed by atoms with Gasteiger partial charge in [0.25, 0.3) is 0 Å². The van der Waals surface area contributed by atoms with Crippen LogP contribution in [0, 0.1) is 11.3 Å². The second kappa shape index (κ2) is 5.28. The van der Waals surface area contributed by atoms with Crippen LogP contribution in [0.4, 0.5) is 0 Å². The lowest BCUT2D eigenvalue weighted by atomic mass is 9.82. The van der Waals surface area contributed by atoms with Gasteiger partial charge in [-0.25, -0.2) is 0 Å². The predicted octanol–water partition coefficient (Wildman–Crippen LogP) is 2.20. The molecule has 0 radical (unpaired) electrons. The zero-order valence-electron chi connectivity index (χ0n) is 10.8. The number of nitriles is 1. The van der Waals surface area contributed by atoms with Gasteiger partial charge in [-0.2, -0.15) is 5.26 Å². The number of nitrogens with one attached hydrogen (secondary N) is 1. The Labute approximate surface area is 108 Å². The lowest BCUT2D eigenvalue weighted by Gasteiger charge is -2.34. The van der Waals surface area contributed by atoms with Crippen molar-refractivity contribution in [3.63, 3.8) is 0 Å². The van der Waals surface area contributed by atoms with Gasteiger partial charge >= 0.3 is 0 Å². The molecule has 1 unspecified atom stereocenters. The molecule has 0 saturated carbocycles. The second-order valence-corrected chi connectivity index (χ2v) is 4.44. The molecule has 0 spiro atoms. The van der Waals surface area contributed by atoms with E-state index in [9.17, 15) is 5.26 Å². The van der Waals surface area contributed by atoms with E-state index < -0.39 is 5.54 Å². The standard InChI is InChI=1S/C14H18N2O2/c1-17-11-6-5-7-12(18-2)13(11)14(10-15)8-3-4-9-16-14/h5-7,16H,3-4,8-9H2,1-2H3. The molecule has 0 aromatic heterocycles. The Hall–Kier alpha value is -1.73. The first-order chi connectivity index (χ1) is 8.77. The van der Waals surface area contributed by atoms with Crippen LogP contribution in [0.3, 0.4) is 0 Å². The molecule has 1 aliphatic heterocycles. The number of nitrogens with zero attached hydrogens (tertiary/aromatic N) is 1. The quantitative estimate of drug-likeness (QED) is 0.888. The summed E-state index contributed by atoms with van der Waals surface area (Å²) in [6.45, 7) is 0.842. The van der Waals surface area contributed by atoms with Crippen molar-refractivity contribution in [2.45, 2.75) is 24.8 Å². The predicted molar refractivity (Wildman–Crippen MR) is 68.7 cm³/mol. The highest BCUT2D eigenvalue weighted by atomic mass is 16.5. The largest absolute Gasteiger partial charge is 0.496 e. The number of ether oxygens (including phenoxy) is 2. The molecule has 96 valence electrons. The van der Waals surface area contributed by atoms with Crippen molar-refractivity contribution in [1.29, 1.82) is 5.26 Å². The maximum absolute atomic E-state index is 9.61. The minimum absolute atomic E-state index is 0.698. The first kappa shape index (κ1) is 12.7. The fourth-order valence-corrected chi connectivity index (χ4v) is 2.54. The summed E-state index contributed by atoms with van der Waals surface area (Å²) in [5, 5.41) is 12.9. The third-order valence-corrected chi connectivity index (χ3v) is 3.45. The summed E-state index contributed by atoms with van der Waals surface area (Å²) in [5.41, 5.74) is 0.119. The van der Waals surface area contributed by atoms with Gasteiger partial charge in [0.05, 0.1) is 25.9 Å². The minimum Gasteiger partial charge on any atom is -0.496 e. The van der Waals surface area contributed by atoms with Crippen molar-refractivity contribution < 1.29 is 9.47 Å². The van der Waals surface area contributed by atoms with Gasteiger partial charge < -0.3 is 9.47 Å². The molecule has 4 nitrogen and oxygen atoms in total. The molecule has 1 heterocycles. The molecule has 1 N–H and O–H groups in total. The summed E-state index contributed by atoms with van der Waals surface area (Å²) in [4.78, 5) is 0. The van der Waals surface area contributed by atoms with Crippen molar-refractivity contribution in [1.82, 2.24) is 5.32 Å². The monoisotopic (exact) mass is 246 g/mol. The lowest BCUT2D eigenvalue weighted by Crippen LogP contribution is -2.45. The van der Waals surface area contributed by atoms with Gasteiger partial charge in [-0.15, -0.1) is 0 Å². The summed E-state index contributed by atoms with van der Waals surface area (Å²) in [7, 11) is 3.23. The molecular weight excluding hydrogens is 228 g/mol. The Kier molecular flexibility index (Phi) is 3.73. The average Bonchev–Trinajstić information content (AvgIpc) is 2.47. The molecule has 1 aliphatic rings. The van der Waals surface area contributed by atoms with E-state index in [0.29, 0.717) is 11.5 Å². The molecule has 1 atom stereocenters. The van der Waals surface area contributed by atoms with Crippen LogP contribution in [0.1, 0.15) is 24.8 Å². The van der Waals surface area contributed by atoms with Crippen molar-refractivity contribution in [3.05, 3.63) is 23.8 Å². The zero-order valence-corrected chi connectivity index (χ0v) is 10.8. The maximum Gasteiger partial charge on any atom is 0.139 e. The molecule has 1 aromatic rings. The van der Waals surface area contributed by atoms with Gasteiger partial charge in [-0.1, -0.05) is 6.07 Å². The Bertz CT molecular complexity index is 437. The van der Waals surface area contributed by atoms with Gasteiger partial charge in [0.2, 0.25) is 0 Å². The zero-order chi connectivity index (χ0) is 13.0. The van der Waals surface area contributed by atoms with E-state index in [4.69, 9.17) is 9.47 Å². The van der Waals surface area contributed by atoms with Gasteiger partial charge in [0.15, 0.2) is 0 Å². The van der Waals surface area contributed by atoms with E-state index in [0.717, 1.165) is 31.4 Å². The first-order valence-corrected chi connectivity index (χ1v) is 6.15. The fourth-order valence-electron chi connectivity index (χ4n) is 2.54. The minimum atomic E-state index is -0.698. The van der Waals surface area contributed by atoms with Crippen LogP contribution < -0.4 is 14.8 Å². The van der Waals surface area contributed by atoms with Crippen molar-refractivity contribution in [3.8, 4) is 17.6 Å². The molecule has 0 amide bonds. The van der Waals surface area contributed by atoms with Gasteiger partial charge in [0, 0.05) is 0 Å². The van der Waals surface area contributed by atoms with E-state index in [1.807, 2.05) is 18.2 Å². The van der Waals surface area contributed by atoms with Crippen molar-refractivity contribution in [2.75, 3.05) is 20.8 Å². The molecule has 2 rings (SSSR count). The number of piperidine rings is 1. The summed E-state index contributed by atoms with van der Waals surface area (Å²) in [6.07, 6.45) is 2.91. The summed E-state index contributed by atoms with van der Waals surface area (Å²) in [6, 6.07) is 8.02. The highest BCUT2D eigenvalue weighted by Crippen LogP contribution is 2.41. The normalized spacial score (nSPS) is 23.2. The highest BCUT2D eigenvalue weighted by Gasteiger charge is 2.38. The van der Waals surface area contributed by atoms with Gasteiger partial charge in [-0.3, -0.25) is 5.32 Å². The van der Waals surface area contributed by atoms with E-state index >= 15 is 0 Å².